The zero-order valence-corrected chi connectivity index (χ0v) is 46.9. The third-order valence-corrected chi connectivity index (χ3v) is 17.7. The van der Waals surface area contributed by atoms with Gasteiger partial charge in [-0.15, -0.1) is 0 Å². The molecule has 0 saturated heterocycles. The maximum atomic E-state index is 2.36. The van der Waals surface area contributed by atoms with Gasteiger partial charge in [-0.1, -0.05) is 356 Å². The van der Waals surface area contributed by atoms with E-state index in [4.69, 9.17) is 0 Å². The van der Waals surface area contributed by atoms with E-state index in [0.29, 0.717) is 10.8 Å². The first-order valence-corrected chi connectivity index (χ1v) is 32.2. The Morgan fingerprint density at radius 3 is 0.677 bits per heavy atom. The molecule has 0 aromatic heterocycles. The second-order valence-electron chi connectivity index (χ2n) is 23.4. The number of unbranched alkanes of at least 4 members (excludes halogenated alkanes) is 45. The Morgan fingerprint density at radius 1 is 0.231 bits per heavy atom. The third-order valence-electron chi connectivity index (χ3n) is 17.7. The van der Waals surface area contributed by atoms with Crippen molar-refractivity contribution < 1.29 is 0 Å². The van der Waals surface area contributed by atoms with Crippen LogP contribution in [0.25, 0.3) is 0 Å². The summed E-state index contributed by atoms with van der Waals surface area (Å²) in [4.78, 5) is 0. The first-order chi connectivity index (χ1) is 32.2. The molecule has 0 amide bonds. The largest absolute Gasteiger partial charge is 0.0654 e. The monoisotopic (exact) mass is 911 g/mol. The lowest BCUT2D eigenvalue weighted by Crippen LogP contribution is -2.42. The fourth-order valence-corrected chi connectivity index (χ4v) is 13.4. The molecule has 0 heterocycles. The molecule has 1 rings (SSSR count). The van der Waals surface area contributed by atoms with Crippen molar-refractivity contribution in [3.05, 3.63) is 0 Å². The summed E-state index contributed by atoms with van der Waals surface area (Å²) in [6.45, 7) is 11.8. The highest BCUT2D eigenvalue weighted by molar-refractivity contribution is 5.07. The van der Waals surface area contributed by atoms with Crippen molar-refractivity contribution in [2.45, 2.75) is 401 Å². The fourth-order valence-electron chi connectivity index (χ4n) is 13.4. The van der Waals surface area contributed by atoms with Crippen LogP contribution in [0.15, 0.2) is 0 Å². The van der Waals surface area contributed by atoms with Gasteiger partial charge in [-0.05, 0) is 61.7 Å². The smallest absolute Gasteiger partial charge is 0.0213 e. The van der Waals surface area contributed by atoms with Gasteiger partial charge in [-0.3, -0.25) is 0 Å². The van der Waals surface area contributed by atoms with Crippen molar-refractivity contribution in [1.29, 1.82) is 0 Å². The zero-order valence-electron chi connectivity index (χ0n) is 46.9. The lowest BCUT2D eigenvalue weighted by atomic mass is 9.53. The summed E-state index contributed by atoms with van der Waals surface area (Å²) < 4.78 is 0. The predicted octanol–water partition coefficient (Wildman–Crippen LogP) is 24.9. The van der Waals surface area contributed by atoms with Gasteiger partial charge in [0.15, 0.2) is 0 Å². The molecule has 1 saturated carbocycles. The van der Waals surface area contributed by atoms with Crippen LogP contribution in [0.5, 0.6) is 0 Å². The van der Waals surface area contributed by atoms with E-state index in [1.165, 1.54) is 308 Å². The van der Waals surface area contributed by atoms with E-state index in [0.717, 1.165) is 5.92 Å². The van der Waals surface area contributed by atoms with Crippen molar-refractivity contribution in [2.24, 2.45) is 16.7 Å². The van der Waals surface area contributed by atoms with Gasteiger partial charge in [0.05, 0.1) is 0 Å². The van der Waals surface area contributed by atoms with Gasteiger partial charge in [0, 0.05) is 0 Å². The van der Waals surface area contributed by atoms with Gasteiger partial charge in [0.25, 0.3) is 0 Å². The van der Waals surface area contributed by atoms with E-state index < -0.39 is 0 Å². The highest BCUT2D eigenvalue weighted by atomic mass is 14.6. The third kappa shape index (κ3) is 34.1. The van der Waals surface area contributed by atoms with Crippen LogP contribution in [0.4, 0.5) is 0 Å². The van der Waals surface area contributed by atoms with Crippen molar-refractivity contribution in [2.75, 3.05) is 0 Å². The molecule has 0 nitrogen and oxygen atoms in total. The molecule has 0 heteroatoms. The van der Waals surface area contributed by atoms with E-state index in [2.05, 4.69) is 34.6 Å². The normalized spacial score (nSPS) is 15.7. The lowest BCUT2D eigenvalue weighted by molar-refractivity contribution is -0.0152. The summed E-state index contributed by atoms with van der Waals surface area (Å²) >= 11 is 0. The second-order valence-corrected chi connectivity index (χ2v) is 23.4. The van der Waals surface area contributed by atoms with Crippen LogP contribution < -0.4 is 0 Å². The molecule has 65 heavy (non-hydrogen) atoms. The topological polar surface area (TPSA) is 0 Å². The number of hydrogen-bond acceptors (Lipinski definition) is 0. The van der Waals surface area contributed by atoms with Crippen LogP contribution in [0.2, 0.25) is 0 Å². The number of rotatable bonds is 55. The predicted molar refractivity (Wildman–Crippen MR) is 300 cm³/mol. The van der Waals surface area contributed by atoms with Crippen LogP contribution in [-0.4, -0.2) is 0 Å². The first kappa shape index (κ1) is 63.0. The van der Waals surface area contributed by atoms with Crippen molar-refractivity contribution in [3.63, 3.8) is 0 Å². The molecule has 390 valence electrons. The Labute approximate surface area is 415 Å². The molecule has 1 aliphatic rings. The highest BCUT2D eigenvalue weighted by Gasteiger charge is 2.57. The summed E-state index contributed by atoms with van der Waals surface area (Å²) in [5.41, 5.74) is 1.26. The van der Waals surface area contributed by atoms with E-state index in [-0.39, 0.29) is 0 Å². The SMILES string of the molecule is CCCCCCCCCCCCC1CCC(CCCCCCCCCCCC)(CCCCCCCCCCCC)C1(CCCCCCCCCCCC)CCCCCCCCCCCC. The Kier molecular flexibility index (Phi) is 47.5. The van der Waals surface area contributed by atoms with Crippen LogP contribution in [0.1, 0.15) is 401 Å². The van der Waals surface area contributed by atoms with Gasteiger partial charge in [-0.2, -0.15) is 0 Å². The summed E-state index contributed by atoms with van der Waals surface area (Å²) in [6.07, 6.45) is 85.3. The maximum absolute atomic E-state index is 2.36. The van der Waals surface area contributed by atoms with Crippen molar-refractivity contribution in [3.8, 4) is 0 Å². The number of hydrogen-bond donors (Lipinski definition) is 0. The molecule has 1 unspecified atom stereocenters. The molecule has 1 fully saturated rings. The molecule has 0 N–H and O–H groups in total. The Hall–Kier alpha value is 0. The summed E-state index contributed by atoms with van der Waals surface area (Å²) in [5.74, 6) is 1.01. The quantitative estimate of drug-likeness (QED) is 0.0534. The van der Waals surface area contributed by atoms with Crippen LogP contribution in [-0.2, 0) is 0 Å². The van der Waals surface area contributed by atoms with Crippen molar-refractivity contribution >= 4 is 0 Å². The van der Waals surface area contributed by atoms with E-state index in [1.807, 2.05) is 0 Å². The van der Waals surface area contributed by atoms with E-state index in [1.54, 1.807) is 57.8 Å². The minimum atomic E-state index is 0.630. The van der Waals surface area contributed by atoms with Crippen LogP contribution >= 0.6 is 0 Å². The lowest BCUT2D eigenvalue weighted by Gasteiger charge is -2.51. The van der Waals surface area contributed by atoms with Crippen LogP contribution in [0.3, 0.4) is 0 Å². The molecule has 0 aromatic carbocycles. The van der Waals surface area contributed by atoms with Crippen LogP contribution in [0, 0.1) is 16.7 Å². The van der Waals surface area contributed by atoms with Gasteiger partial charge >= 0.3 is 0 Å². The molecule has 0 spiro atoms. The first-order valence-electron chi connectivity index (χ1n) is 32.2. The molecular weight excluding hydrogens is 781 g/mol. The summed E-state index contributed by atoms with van der Waals surface area (Å²) in [6, 6.07) is 0. The molecule has 0 bridgehead atoms. The fraction of sp³-hybridized carbons (Fsp3) is 1.00. The molecular formula is C65H130. The Bertz CT molecular complexity index is 836. The summed E-state index contributed by atoms with van der Waals surface area (Å²) in [5, 5.41) is 0. The standard InChI is InChI=1S/C65H130/c1-6-11-16-21-26-31-36-41-46-51-56-63-57-62-64(58-52-47-42-37-32-27-22-17-12-7-2,59-53-48-43-38-33-28-23-18-13-8-3)65(63,60-54-49-44-39-34-29-24-19-14-9-4)61-55-50-45-40-35-30-25-20-15-10-5/h63H,6-62H2,1-5H3. The molecule has 1 atom stereocenters. The summed E-state index contributed by atoms with van der Waals surface area (Å²) in [7, 11) is 0. The zero-order chi connectivity index (χ0) is 46.9. The van der Waals surface area contributed by atoms with Gasteiger partial charge in [0.2, 0.25) is 0 Å². The molecule has 0 radical (unpaired) electrons. The van der Waals surface area contributed by atoms with E-state index in [9.17, 15) is 0 Å². The average molecular weight is 912 g/mol. The maximum Gasteiger partial charge on any atom is -0.0213 e. The van der Waals surface area contributed by atoms with Gasteiger partial charge in [-0.25, -0.2) is 0 Å². The molecule has 0 aromatic rings. The van der Waals surface area contributed by atoms with E-state index >= 15 is 0 Å². The van der Waals surface area contributed by atoms with Gasteiger partial charge < -0.3 is 0 Å². The molecule has 1 aliphatic carbocycles. The highest BCUT2D eigenvalue weighted by Crippen LogP contribution is 2.67. The minimum Gasteiger partial charge on any atom is -0.0654 e. The molecule has 0 aliphatic heterocycles. The van der Waals surface area contributed by atoms with Gasteiger partial charge in [0.1, 0.15) is 0 Å². The second kappa shape index (κ2) is 49.0. The minimum absolute atomic E-state index is 0.630. The average Bonchev–Trinajstić information content (AvgIpc) is 3.60. The van der Waals surface area contributed by atoms with Crippen molar-refractivity contribution in [1.82, 2.24) is 0 Å². The Balaban J connectivity index is 3.19. The Morgan fingerprint density at radius 2 is 0.431 bits per heavy atom.